The molecule has 1 aliphatic carbocycles. The Balaban J connectivity index is 1.72. The fourth-order valence-electron chi connectivity index (χ4n) is 2.11. The van der Waals surface area contributed by atoms with E-state index in [-0.39, 0.29) is 12.6 Å². The van der Waals surface area contributed by atoms with Crippen molar-refractivity contribution in [1.29, 1.82) is 0 Å². The molecule has 21 heavy (non-hydrogen) atoms. The van der Waals surface area contributed by atoms with Gasteiger partial charge < -0.3 is 9.47 Å². The van der Waals surface area contributed by atoms with Gasteiger partial charge in [0, 0.05) is 13.5 Å². The summed E-state index contributed by atoms with van der Waals surface area (Å²) in [7, 11) is 0. The number of hydrogen-bond donors (Lipinski definition) is 0. The second-order valence-corrected chi connectivity index (χ2v) is 5.94. The fraction of sp³-hybridized carbons (Fsp3) is 0.500. The summed E-state index contributed by atoms with van der Waals surface area (Å²) < 4.78 is 13.2. The van der Waals surface area contributed by atoms with E-state index in [0.29, 0.717) is 12.4 Å². The maximum atomic E-state index is 10.7. The van der Waals surface area contributed by atoms with Crippen molar-refractivity contribution in [3.8, 4) is 5.75 Å². The predicted molar refractivity (Wildman–Crippen MR) is 80.1 cm³/mol. The summed E-state index contributed by atoms with van der Waals surface area (Å²) in [6, 6.07) is 3.84. The Morgan fingerprint density at radius 3 is 2.95 bits per heavy atom. The van der Waals surface area contributed by atoms with Crippen molar-refractivity contribution < 1.29 is 14.3 Å². The summed E-state index contributed by atoms with van der Waals surface area (Å²) in [5.74, 6) is 1.11. The van der Waals surface area contributed by atoms with Gasteiger partial charge in [-0.25, -0.2) is 4.68 Å². The molecule has 0 N–H and O–H groups in total. The zero-order valence-corrected chi connectivity index (χ0v) is 13.3. The molecule has 0 spiro atoms. The van der Waals surface area contributed by atoms with Crippen molar-refractivity contribution in [2.75, 3.05) is 13.2 Å². The molecule has 1 aromatic heterocycles. The van der Waals surface area contributed by atoms with Crippen LogP contribution in [0.3, 0.4) is 0 Å². The normalized spacial score (nSPS) is 14.4. The number of rotatable bonds is 6. The number of halogens is 1. The highest BCUT2D eigenvalue weighted by molar-refractivity contribution is 9.10. The number of ether oxygens (including phenoxy) is 2. The van der Waals surface area contributed by atoms with Crippen molar-refractivity contribution in [1.82, 2.24) is 15.0 Å². The highest BCUT2D eigenvalue weighted by Crippen LogP contribution is 2.34. The first-order valence-corrected chi connectivity index (χ1v) is 7.72. The summed E-state index contributed by atoms with van der Waals surface area (Å²) in [4.78, 5) is 10.7. The quantitative estimate of drug-likeness (QED) is 0.589. The molecule has 6 nitrogen and oxygen atoms in total. The molecule has 3 rings (SSSR count). The van der Waals surface area contributed by atoms with Gasteiger partial charge >= 0.3 is 5.97 Å². The van der Waals surface area contributed by atoms with Crippen LogP contribution in [-0.2, 0) is 16.1 Å². The molecule has 0 aliphatic heterocycles. The van der Waals surface area contributed by atoms with Crippen LogP contribution in [0.2, 0.25) is 0 Å². The molecule has 1 aliphatic rings. The number of aromatic nitrogens is 3. The summed E-state index contributed by atoms with van der Waals surface area (Å²) in [6.45, 7) is 2.84. The third kappa shape index (κ3) is 3.34. The van der Waals surface area contributed by atoms with E-state index >= 15 is 0 Å². The van der Waals surface area contributed by atoms with Crippen LogP contribution in [0.15, 0.2) is 16.6 Å². The van der Waals surface area contributed by atoms with Gasteiger partial charge in [0.25, 0.3) is 0 Å². The number of fused-ring (bicyclic) bond motifs is 1. The number of carbonyl (C=O) groups is 1. The number of benzene rings is 1. The topological polar surface area (TPSA) is 66.2 Å². The lowest BCUT2D eigenvalue weighted by molar-refractivity contribution is -0.141. The molecule has 0 bridgehead atoms. The number of carbonyl (C=O) groups excluding carboxylic acids is 1. The molecule has 2 aromatic rings. The van der Waals surface area contributed by atoms with Gasteiger partial charge in [-0.3, -0.25) is 4.79 Å². The predicted octanol–water partition coefficient (Wildman–Crippen LogP) is 2.55. The lowest BCUT2D eigenvalue weighted by Gasteiger charge is -2.08. The smallest absolute Gasteiger partial charge is 0.302 e. The van der Waals surface area contributed by atoms with Crippen LogP contribution in [-0.4, -0.2) is 34.2 Å². The van der Waals surface area contributed by atoms with E-state index in [4.69, 9.17) is 9.47 Å². The van der Waals surface area contributed by atoms with Crippen molar-refractivity contribution in [3.63, 3.8) is 0 Å². The van der Waals surface area contributed by atoms with Crippen LogP contribution in [0.5, 0.6) is 5.75 Å². The molecular weight excluding hydrogens is 338 g/mol. The van der Waals surface area contributed by atoms with Gasteiger partial charge in [-0.1, -0.05) is 5.21 Å². The minimum Gasteiger partial charge on any atom is -0.489 e. The molecule has 0 saturated heterocycles. The SMILES string of the molecule is CC(=O)OCCOc1ccc2c(nnn2CC2CC2)c1Br. The van der Waals surface area contributed by atoms with E-state index in [1.54, 1.807) is 0 Å². The molecular formula is C14H16BrN3O3. The number of esters is 1. The van der Waals surface area contributed by atoms with Crippen LogP contribution in [0, 0.1) is 5.92 Å². The first kappa shape index (κ1) is 14.3. The first-order chi connectivity index (χ1) is 10.1. The monoisotopic (exact) mass is 353 g/mol. The van der Waals surface area contributed by atoms with Crippen molar-refractivity contribution >= 4 is 32.9 Å². The largest absolute Gasteiger partial charge is 0.489 e. The Bertz CT molecular complexity index is 667. The van der Waals surface area contributed by atoms with Gasteiger partial charge in [0.2, 0.25) is 0 Å². The highest BCUT2D eigenvalue weighted by Gasteiger charge is 2.23. The summed E-state index contributed by atoms with van der Waals surface area (Å²) in [5.41, 5.74) is 1.79. The van der Waals surface area contributed by atoms with Gasteiger partial charge in [-0.15, -0.1) is 5.10 Å². The Hall–Kier alpha value is -1.63. The third-order valence-corrected chi connectivity index (χ3v) is 4.13. The molecule has 1 heterocycles. The van der Waals surface area contributed by atoms with E-state index in [2.05, 4.69) is 26.2 Å². The average Bonchev–Trinajstić information content (AvgIpc) is 3.16. The summed E-state index contributed by atoms with van der Waals surface area (Å²) in [5, 5.41) is 8.43. The molecule has 0 unspecified atom stereocenters. The molecule has 0 radical (unpaired) electrons. The lowest BCUT2D eigenvalue weighted by atomic mass is 10.3. The van der Waals surface area contributed by atoms with E-state index in [9.17, 15) is 4.79 Å². The molecule has 1 saturated carbocycles. The van der Waals surface area contributed by atoms with Crippen LogP contribution >= 0.6 is 15.9 Å². The maximum Gasteiger partial charge on any atom is 0.302 e. The van der Waals surface area contributed by atoms with E-state index in [1.165, 1.54) is 19.8 Å². The van der Waals surface area contributed by atoms with E-state index in [0.717, 1.165) is 28.0 Å². The Morgan fingerprint density at radius 2 is 2.24 bits per heavy atom. The van der Waals surface area contributed by atoms with Crippen LogP contribution in [0.1, 0.15) is 19.8 Å². The summed E-state index contributed by atoms with van der Waals surface area (Å²) in [6.07, 6.45) is 2.56. The molecule has 1 fully saturated rings. The molecule has 1 aromatic carbocycles. The van der Waals surface area contributed by atoms with E-state index < -0.39 is 0 Å². The maximum absolute atomic E-state index is 10.7. The van der Waals surface area contributed by atoms with Gasteiger partial charge in [0.05, 0.1) is 9.99 Å². The number of hydrogen-bond acceptors (Lipinski definition) is 5. The molecule has 0 amide bonds. The van der Waals surface area contributed by atoms with Crippen molar-refractivity contribution in [3.05, 3.63) is 16.6 Å². The third-order valence-electron chi connectivity index (χ3n) is 3.36. The van der Waals surface area contributed by atoms with Gasteiger partial charge in [-0.2, -0.15) is 0 Å². The minimum atomic E-state index is -0.309. The number of nitrogens with zero attached hydrogens (tertiary/aromatic N) is 3. The van der Waals surface area contributed by atoms with Crippen LogP contribution in [0.4, 0.5) is 0 Å². The standard InChI is InChI=1S/C14H16BrN3O3/c1-9(19)20-6-7-21-12-5-4-11-14(13(12)15)16-17-18(11)8-10-2-3-10/h4-5,10H,2-3,6-8H2,1H3. The Labute approximate surface area is 130 Å². The second-order valence-electron chi connectivity index (χ2n) is 5.15. The highest BCUT2D eigenvalue weighted by atomic mass is 79.9. The van der Waals surface area contributed by atoms with Crippen LogP contribution in [0.25, 0.3) is 11.0 Å². The van der Waals surface area contributed by atoms with E-state index in [1.807, 2.05) is 16.8 Å². The fourth-order valence-corrected chi connectivity index (χ4v) is 2.64. The Kier molecular flexibility index (Phi) is 4.10. The lowest BCUT2D eigenvalue weighted by Crippen LogP contribution is -2.09. The van der Waals surface area contributed by atoms with Crippen LogP contribution < -0.4 is 4.74 Å². The Morgan fingerprint density at radius 1 is 1.43 bits per heavy atom. The first-order valence-electron chi connectivity index (χ1n) is 6.93. The van der Waals surface area contributed by atoms with Gasteiger partial charge in [0.15, 0.2) is 0 Å². The molecule has 112 valence electrons. The molecule has 7 heteroatoms. The zero-order valence-electron chi connectivity index (χ0n) is 11.7. The second kappa shape index (κ2) is 6.01. The van der Waals surface area contributed by atoms with Crippen molar-refractivity contribution in [2.24, 2.45) is 5.92 Å². The van der Waals surface area contributed by atoms with Gasteiger partial charge in [-0.05, 0) is 46.8 Å². The summed E-state index contributed by atoms with van der Waals surface area (Å²) >= 11 is 3.51. The van der Waals surface area contributed by atoms with Gasteiger partial charge in [0.1, 0.15) is 24.5 Å². The zero-order chi connectivity index (χ0) is 14.8. The molecule has 0 atom stereocenters. The van der Waals surface area contributed by atoms with Crippen molar-refractivity contribution in [2.45, 2.75) is 26.3 Å². The average molecular weight is 354 g/mol. The minimum absolute atomic E-state index is 0.230.